The third-order valence-corrected chi connectivity index (χ3v) is 6.36. The first-order valence-electron chi connectivity index (χ1n) is 13.4. The molecule has 0 fully saturated rings. The van der Waals surface area contributed by atoms with Crippen molar-refractivity contribution >= 4 is 20.8 Å². The fraction of sp³-hybridized carbons (Fsp3) is 1.00. The average Bonchev–Trinajstić information content (AvgIpc) is 2.74. The first-order chi connectivity index (χ1) is 16.1. The standard InChI is InChI=1S/C24H50O4S.3Na.H2O4S.3H/c1-3-5-7-9-11-13-15-17-19-21-23-27-29(25,26)28-24-22-20-18-16-14-12-10-8-6-4-2;;;;1-5(2,3)4;;;/h3-24H2,1-2H3;;;;(H2,1,2,3,4);;;/q;3*+1;;3*-1. The Balaban J connectivity index is -0.000000142. The van der Waals surface area contributed by atoms with Crippen LogP contribution in [0, 0.1) is 0 Å². The molecule has 37 heavy (non-hydrogen) atoms. The molecule has 0 aromatic heterocycles. The van der Waals surface area contributed by atoms with Gasteiger partial charge in [0.15, 0.2) is 0 Å². The quantitative estimate of drug-likeness (QED) is 0.0800. The molecule has 2 N–H and O–H groups in total. The van der Waals surface area contributed by atoms with Crippen LogP contribution in [0.1, 0.15) is 147 Å². The van der Waals surface area contributed by atoms with E-state index in [0.717, 1.165) is 38.5 Å². The number of rotatable bonds is 24. The van der Waals surface area contributed by atoms with Crippen molar-refractivity contribution in [2.45, 2.75) is 142 Å². The van der Waals surface area contributed by atoms with Gasteiger partial charge in [0.25, 0.3) is 0 Å². The zero-order chi connectivity index (χ0) is 26.0. The molecule has 8 nitrogen and oxygen atoms in total. The van der Waals surface area contributed by atoms with Crippen LogP contribution < -0.4 is 88.7 Å². The van der Waals surface area contributed by atoms with Crippen LogP contribution in [0.2, 0.25) is 0 Å². The maximum absolute atomic E-state index is 11.7. The van der Waals surface area contributed by atoms with Crippen LogP contribution >= 0.6 is 0 Å². The summed E-state index contributed by atoms with van der Waals surface area (Å²) in [7, 11) is -8.47. The van der Waals surface area contributed by atoms with Crippen molar-refractivity contribution in [3.63, 3.8) is 0 Å². The zero-order valence-electron chi connectivity index (χ0n) is 27.7. The molecule has 0 bridgehead atoms. The zero-order valence-corrected chi connectivity index (χ0v) is 32.3. The largest absolute Gasteiger partial charge is 1.00 e. The van der Waals surface area contributed by atoms with Crippen molar-refractivity contribution in [3.8, 4) is 0 Å². The van der Waals surface area contributed by atoms with E-state index in [2.05, 4.69) is 13.8 Å². The van der Waals surface area contributed by atoms with Gasteiger partial charge in [0.2, 0.25) is 0 Å². The Kier molecular flexibility index (Phi) is 49.1. The van der Waals surface area contributed by atoms with Crippen LogP contribution in [0.25, 0.3) is 0 Å². The predicted octanol–water partition coefficient (Wildman–Crippen LogP) is -1.20. The molecule has 0 saturated carbocycles. The molecule has 0 aromatic carbocycles. The van der Waals surface area contributed by atoms with Gasteiger partial charge >= 0.3 is 109 Å². The van der Waals surface area contributed by atoms with Crippen molar-refractivity contribution in [1.82, 2.24) is 0 Å². The maximum Gasteiger partial charge on any atom is 1.00 e. The van der Waals surface area contributed by atoms with Crippen LogP contribution in [0.3, 0.4) is 0 Å². The summed E-state index contributed by atoms with van der Waals surface area (Å²) in [5, 5.41) is 0. The van der Waals surface area contributed by atoms with Crippen molar-refractivity contribution < 1.29 is 127 Å². The summed E-state index contributed by atoms with van der Waals surface area (Å²) < 4.78 is 64.9. The minimum Gasteiger partial charge on any atom is -1.00 e. The SMILES string of the molecule is CCCCCCCCCCCCOS(=O)(=O)OCCCCCCCCCCCC.O=S(=O)(O)O.[H-].[H-].[H-].[Na+].[Na+].[Na+]. The van der Waals surface area contributed by atoms with Crippen molar-refractivity contribution in [1.29, 1.82) is 0 Å². The number of unbranched alkanes of at least 4 members (excludes halogenated alkanes) is 18. The second-order valence-corrected chi connectivity index (χ2v) is 11.0. The molecule has 0 radical (unpaired) electrons. The number of hydrogen-bond acceptors (Lipinski definition) is 6. The minimum atomic E-state index is -4.67. The third kappa shape index (κ3) is 55.3. The van der Waals surface area contributed by atoms with E-state index in [1.807, 2.05) is 0 Å². The molecule has 0 aliphatic carbocycles. The third-order valence-electron chi connectivity index (χ3n) is 5.45. The Morgan fingerprint density at radius 3 is 0.865 bits per heavy atom. The summed E-state index contributed by atoms with van der Waals surface area (Å²) in [5.41, 5.74) is 0. The minimum absolute atomic E-state index is 0. The summed E-state index contributed by atoms with van der Waals surface area (Å²) in [6, 6.07) is 0. The van der Waals surface area contributed by atoms with Crippen LogP contribution in [0.4, 0.5) is 0 Å². The summed E-state index contributed by atoms with van der Waals surface area (Å²) >= 11 is 0. The Morgan fingerprint density at radius 2 is 0.649 bits per heavy atom. The van der Waals surface area contributed by atoms with Crippen molar-refractivity contribution in [2.75, 3.05) is 13.2 Å². The molecule has 0 rings (SSSR count). The second kappa shape index (κ2) is 36.8. The van der Waals surface area contributed by atoms with E-state index >= 15 is 0 Å². The monoisotopic (exact) mass is 604 g/mol. The molecule has 13 heteroatoms. The first kappa shape index (κ1) is 49.4. The maximum atomic E-state index is 11.7. The molecule has 0 amide bonds. The molecular weight excluding hydrogens is 549 g/mol. The van der Waals surface area contributed by atoms with E-state index in [0.29, 0.717) is 0 Å². The first-order valence-corrected chi connectivity index (χ1v) is 16.1. The van der Waals surface area contributed by atoms with Gasteiger partial charge in [-0.1, -0.05) is 129 Å². The molecule has 0 spiro atoms. The van der Waals surface area contributed by atoms with Gasteiger partial charge in [0.05, 0.1) is 13.2 Å². The average molecular weight is 605 g/mol. The Morgan fingerprint density at radius 1 is 0.459 bits per heavy atom. The van der Waals surface area contributed by atoms with Crippen LogP contribution in [0.15, 0.2) is 0 Å². The summed E-state index contributed by atoms with van der Waals surface area (Å²) in [6.45, 7) is 4.98. The molecule has 0 aliphatic rings. The van der Waals surface area contributed by atoms with Crippen molar-refractivity contribution in [2.24, 2.45) is 0 Å². The molecule has 0 heterocycles. The molecule has 0 unspecified atom stereocenters. The molecule has 0 saturated heterocycles. The summed E-state index contributed by atoms with van der Waals surface area (Å²) in [5.74, 6) is 0. The van der Waals surface area contributed by atoms with Crippen LogP contribution in [-0.2, 0) is 29.2 Å². The van der Waals surface area contributed by atoms with Gasteiger partial charge in [-0.15, -0.1) is 0 Å². The molecule has 0 atom stereocenters. The van der Waals surface area contributed by atoms with E-state index < -0.39 is 20.8 Å². The number of hydrogen-bond donors (Lipinski definition) is 2. The van der Waals surface area contributed by atoms with Crippen LogP contribution in [-0.4, -0.2) is 39.2 Å². The van der Waals surface area contributed by atoms with E-state index in [9.17, 15) is 8.42 Å². The topological polar surface area (TPSA) is 127 Å². The van der Waals surface area contributed by atoms with E-state index in [4.69, 9.17) is 25.9 Å². The van der Waals surface area contributed by atoms with Gasteiger partial charge in [0, 0.05) is 0 Å². The Hall–Kier alpha value is 2.74. The summed E-state index contributed by atoms with van der Waals surface area (Å²) in [6.07, 6.45) is 24.4. The summed E-state index contributed by atoms with van der Waals surface area (Å²) in [4.78, 5) is 0. The Labute approximate surface area is 300 Å². The molecule has 0 aromatic rings. The van der Waals surface area contributed by atoms with E-state index in [1.54, 1.807) is 0 Å². The molecular formula is C24H55Na3O8S2. The second-order valence-electron chi connectivity index (χ2n) is 8.86. The van der Waals surface area contributed by atoms with Gasteiger partial charge in [-0.25, -0.2) is 8.37 Å². The van der Waals surface area contributed by atoms with E-state index in [1.165, 1.54) is 89.9 Å². The van der Waals surface area contributed by atoms with Gasteiger partial charge < -0.3 is 4.28 Å². The van der Waals surface area contributed by atoms with Gasteiger partial charge in [-0.05, 0) is 12.8 Å². The van der Waals surface area contributed by atoms with E-state index in [-0.39, 0.29) is 106 Å². The molecule has 214 valence electrons. The predicted molar refractivity (Wildman–Crippen MR) is 142 cm³/mol. The van der Waals surface area contributed by atoms with Gasteiger partial charge in [0.1, 0.15) is 0 Å². The fourth-order valence-corrected chi connectivity index (χ4v) is 4.25. The normalized spacial score (nSPS) is 10.9. The van der Waals surface area contributed by atoms with Gasteiger partial charge in [-0.2, -0.15) is 16.8 Å². The van der Waals surface area contributed by atoms with Crippen LogP contribution in [0.5, 0.6) is 0 Å². The molecule has 0 aliphatic heterocycles. The fourth-order valence-electron chi connectivity index (χ4n) is 3.53. The van der Waals surface area contributed by atoms with Crippen molar-refractivity contribution in [3.05, 3.63) is 0 Å². The Bertz CT molecular complexity index is 597. The van der Waals surface area contributed by atoms with Gasteiger partial charge in [-0.3, -0.25) is 9.11 Å². The smallest absolute Gasteiger partial charge is 1.00 e.